The average Bonchev–Trinajstić information content (AvgIpc) is 3.33. The van der Waals surface area contributed by atoms with Crippen LogP contribution in [0.5, 0.6) is 5.75 Å². The first-order valence-corrected chi connectivity index (χ1v) is 10.6. The largest absolute Gasteiger partial charge is 0.496 e. The van der Waals surface area contributed by atoms with Gasteiger partial charge in [0.2, 0.25) is 0 Å². The minimum Gasteiger partial charge on any atom is -0.496 e. The summed E-state index contributed by atoms with van der Waals surface area (Å²) in [5, 5.41) is 18.5. The Balaban J connectivity index is 1.57. The van der Waals surface area contributed by atoms with E-state index in [1.54, 1.807) is 24.2 Å². The number of benzene rings is 1. The fraction of sp³-hybridized carbons (Fsp3) is 0.381. The molecule has 0 radical (unpaired) electrons. The summed E-state index contributed by atoms with van der Waals surface area (Å²) in [7, 11) is 1.56. The molecule has 0 spiro atoms. The lowest BCUT2D eigenvalue weighted by molar-refractivity contribution is -0.385. The number of carbonyl (C=O) groups excluding carboxylic acids is 1. The van der Waals surface area contributed by atoms with Crippen molar-refractivity contribution in [3.05, 3.63) is 57.5 Å². The number of hydrogen-bond acceptors (Lipinski definition) is 6. The molecule has 1 N–H and O–H groups in total. The summed E-state index contributed by atoms with van der Waals surface area (Å²) in [6.07, 6.45) is 9.73. The highest BCUT2D eigenvalue weighted by molar-refractivity contribution is 7.80. The molecule has 10 heteroatoms. The maximum Gasteiger partial charge on any atom is 0.307 e. The van der Waals surface area contributed by atoms with Gasteiger partial charge in [0.05, 0.1) is 18.6 Å². The van der Waals surface area contributed by atoms with E-state index in [0.29, 0.717) is 23.1 Å². The zero-order valence-corrected chi connectivity index (χ0v) is 17.9. The summed E-state index contributed by atoms with van der Waals surface area (Å²) in [5.41, 5.74) is 1.95. The molecule has 1 amide bonds. The van der Waals surface area contributed by atoms with E-state index in [-0.39, 0.29) is 17.6 Å². The van der Waals surface area contributed by atoms with Crippen molar-refractivity contribution in [1.82, 2.24) is 20.0 Å². The summed E-state index contributed by atoms with van der Waals surface area (Å²) in [4.78, 5) is 25.1. The Morgan fingerprint density at radius 1 is 1.35 bits per heavy atom. The molecule has 0 unspecified atom stereocenters. The van der Waals surface area contributed by atoms with Crippen LogP contribution in [0.2, 0.25) is 0 Å². The van der Waals surface area contributed by atoms with Gasteiger partial charge in [0.25, 0.3) is 5.91 Å². The van der Waals surface area contributed by atoms with Gasteiger partial charge in [-0.3, -0.25) is 24.5 Å². The number of nitro groups is 1. The lowest BCUT2D eigenvalue weighted by atomic mass is 9.94. The number of nitrogens with one attached hydrogen (secondary N) is 1. The topological polar surface area (TPSA) is 103 Å². The predicted molar refractivity (Wildman–Crippen MR) is 118 cm³/mol. The van der Waals surface area contributed by atoms with E-state index >= 15 is 0 Å². The standard InChI is InChI=1S/C21H23N5O4S/c1-30-19-8-7-14(9-15(19)12-24-13-17(11-22-24)26(28)29)10-18-20(27)25(21(31)23-18)16-5-3-2-4-6-16/h7-11,13,16H,2-6,12H2,1H3,(H,23,31). The second-order valence-electron chi connectivity index (χ2n) is 7.68. The minimum absolute atomic E-state index is 0.0747. The smallest absolute Gasteiger partial charge is 0.307 e. The van der Waals surface area contributed by atoms with Crippen molar-refractivity contribution in [3.63, 3.8) is 0 Å². The molecule has 9 nitrogen and oxygen atoms in total. The average molecular weight is 442 g/mol. The Labute approximate surface area is 184 Å². The molecule has 1 saturated heterocycles. The van der Waals surface area contributed by atoms with E-state index in [2.05, 4.69) is 10.4 Å². The van der Waals surface area contributed by atoms with Crippen LogP contribution in [-0.2, 0) is 11.3 Å². The van der Waals surface area contributed by atoms with E-state index in [9.17, 15) is 14.9 Å². The lowest BCUT2D eigenvalue weighted by Crippen LogP contribution is -2.41. The van der Waals surface area contributed by atoms with Crippen LogP contribution in [0.15, 0.2) is 36.3 Å². The molecule has 0 atom stereocenters. The molecule has 2 fully saturated rings. The first-order chi connectivity index (χ1) is 15.0. The summed E-state index contributed by atoms with van der Waals surface area (Å²) in [6.45, 7) is 0.294. The molecular formula is C21H23N5O4S. The van der Waals surface area contributed by atoms with Gasteiger partial charge < -0.3 is 10.1 Å². The number of methoxy groups -OCH3 is 1. The molecule has 0 bridgehead atoms. The van der Waals surface area contributed by atoms with E-state index in [1.807, 2.05) is 12.1 Å². The van der Waals surface area contributed by atoms with Crippen molar-refractivity contribution in [2.75, 3.05) is 7.11 Å². The third-order valence-corrected chi connectivity index (χ3v) is 5.93. The van der Waals surface area contributed by atoms with Crippen molar-refractivity contribution >= 4 is 35.0 Å². The van der Waals surface area contributed by atoms with Gasteiger partial charge in [-0.05, 0) is 48.8 Å². The minimum atomic E-state index is -0.486. The van der Waals surface area contributed by atoms with E-state index in [4.69, 9.17) is 17.0 Å². The zero-order chi connectivity index (χ0) is 22.0. The van der Waals surface area contributed by atoms with Crippen LogP contribution in [0.3, 0.4) is 0 Å². The number of nitrogens with zero attached hydrogens (tertiary/aromatic N) is 4. The van der Waals surface area contributed by atoms with Crippen molar-refractivity contribution < 1.29 is 14.5 Å². The maximum atomic E-state index is 13.0. The molecule has 1 aliphatic carbocycles. The van der Waals surface area contributed by atoms with Crippen LogP contribution in [0.4, 0.5) is 5.69 Å². The molecule has 1 aromatic carbocycles. The molecule has 1 aliphatic heterocycles. The molecule has 2 heterocycles. The molecular weight excluding hydrogens is 418 g/mol. The number of thiocarbonyl (C=S) groups is 1. The second-order valence-corrected chi connectivity index (χ2v) is 8.07. The van der Waals surface area contributed by atoms with Gasteiger partial charge in [-0.1, -0.05) is 25.3 Å². The number of aromatic nitrogens is 2. The number of ether oxygens (including phenoxy) is 1. The number of amides is 1. The number of carbonyl (C=O) groups is 1. The first kappa shape index (κ1) is 21.0. The maximum absolute atomic E-state index is 13.0. The molecule has 162 valence electrons. The third kappa shape index (κ3) is 4.43. The third-order valence-electron chi connectivity index (χ3n) is 5.63. The predicted octanol–water partition coefficient (Wildman–Crippen LogP) is 3.24. The Kier molecular flexibility index (Phi) is 5.99. The van der Waals surface area contributed by atoms with Crippen molar-refractivity contribution in [2.45, 2.75) is 44.7 Å². The first-order valence-electron chi connectivity index (χ1n) is 10.2. The van der Waals surface area contributed by atoms with Gasteiger partial charge in [0.1, 0.15) is 23.8 Å². The fourth-order valence-electron chi connectivity index (χ4n) is 4.11. The monoisotopic (exact) mass is 441 g/mol. The van der Waals surface area contributed by atoms with Gasteiger partial charge in [-0.25, -0.2) is 0 Å². The van der Waals surface area contributed by atoms with Crippen LogP contribution in [0.1, 0.15) is 43.2 Å². The fourth-order valence-corrected chi connectivity index (χ4v) is 4.45. The number of rotatable bonds is 6. The highest BCUT2D eigenvalue weighted by Crippen LogP contribution is 2.28. The Morgan fingerprint density at radius 3 is 2.81 bits per heavy atom. The van der Waals surface area contributed by atoms with Crippen molar-refractivity contribution in [1.29, 1.82) is 0 Å². The Hall–Kier alpha value is -3.27. The normalized spacial score (nSPS) is 18.5. The van der Waals surface area contributed by atoms with Crippen LogP contribution >= 0.6 is 12.2 Å². The highest BCUT2D eigenvalue weighted by atomic mass is 32.1. The van der Waals surface area contributed by atoms with Crippen LogP contribution in [0.25, 0.3) is 6.08 Å². The van der Waals surface area contributed by atoms with E-state index < -0.39 is 4.92 Å². The van der Waals surface area contributed by atoms with Crippen molar-refractivity contribution in [3.8, 4) is 5.75 Å². The van der Waals surface area contributed by atoms with Gasteiger partial charge in [-0.15, -0.1) is 0 Å². The Morgan fingerprint density at radius 2 is 2.13 bits per heavy atom. The molecule has 4 rings (SSSR count). The van der Waals surface area contributed by atoms with Gasteiger partial charge >= 0.3 is 5.69 Å². The molecule has 2 aromatic rings. The number of hydrogen-bond donors (Lipinski definition) is 1. The Bertz CT molecular complexity index is 1060. The summed E-state index contributed by atoms with van der Waals surface area (Å²) in [6, 6.07) is 5.69. The van der Waals surface area contributed by atoms with Crippen molar-refractivity contribution in [2.24, 2.45) is 0 Å². The molecule has 2 aliphatic rings. The lowest BCUT2D eigenvalue weighted by Gasteiger charge is -2.29. The SMILES string of the molecule is COc1ccc(C=C2NC(=S)N(C3CCCCC3)C2=O)cc1Cn1cc([N+](=O)[O-])cn1. The van der Waals surface area contributed by atoms with Crippen LogP contribution in [-0.4, -0.2) is 43.8 Å². The van der Waals surface area contributed by atoms with Crippen LogP contribution in [0, 0.1) is 10.1 Å². The summed E-state index contributed by atoms with van der Waals surface area (Å²) >= 11 is 5.43. The van der Waals surface area contributed by atoms with Gasteiger partial charge in [0.15, 0.2) is 5.11 Å². The molecule has 31 heavy (non-hydrogen) atoms. The molecule has 1 aromatic heterocycles. The van der Waals surface area contributed by atoms with Gasteiger partial charge in [0, 0.05) is 11.6 Å². The second kappa shape index (κ2) is 8.84. The summed E-state index contributed by atoms with van der Waals surface area (Å²) < 4.78 is 6.90. The summed E-state index contributed by atoms with van der Waals surface area (Å²) in [5.74, 6) is 0.530. The van der Waals surface area contributed by atoms with E-state index in [1.165, 1.54) is 23.5 Å². The molecule has 1 saturated carbocycles. The quantitative estimate of drug-likeness (QED) is 0.318. The van der Waals surface area contributed by atoms with E-state index in [0.717, 1.165) is 36.8 Å². The zero-order valence-electron chi connectivity index (χ0n) is 17.1. The van der Waals surface area contributed by atoms with Crippen LogP contribution < -0.4 is 10.1 Å². The highest BCUT2D eigenvalue weighted by Gasteiger charge is 2.36. The van der Waals surface area contributed by atoms with Gasteiger partial charge in [-0.2, -0.15) is 5.10 Å².